The van der Waals surface area contributed by atoms with Gasteiger partial charge in [-0.05, 0) is 70.8 Å². The Kier molecular flexibility index (Phi) is 12.7. The molecular weight excluding hydrogens is 616 g/mol. The summed E-state index contributed by atoms with van der Waals surface area (Å²) in [6.07, 6.45) is -6.26. The van der Waals surface area contributed by atoms with Gasteiger partial charge in [-0.25, -0.2) is 0 Å². The van der Waals surface area contributed by atoms with Crippen LogP contribution in [0.5, 0.6) is 23.0 Å². The number of ether oxygens (including phenoxy) is 8. The van der Waals surface area contributed by atoms with Gasteiger partial charge in [0.15, 0.2) is 0 Å². The number of aliphatic hydroxyl groups is 2. The molecule has 256 valence electrons. The van der Waals surface area contributed by atoms with Crippen LogP contribution in [0, 0.1) is 0 Å². The second-order valence-electron chi connectivity index (χ2n) is 11.5. The van der Waals surface area contributed by atoms with E-state index >= 15 is 0 Å². The molecule has 2 N–H and O–H groups in total. The molecule has 0 saturated heterocycles. The van der Waals surface area contributed by atoms with Crippen molar-refractivity contribution in [3.63, 3.8) is 0 Å². The van der Waals surface area contributed by atoms with Crippen LogP contribution in [0.4, 0.5) is 0 Å². The number of hydrogen-bond donors (Lipinski definition) is 2. The van der Waals surface area contributed by atoms with Crippen molar-refractivity contribution in [2.45, 2.75) is 63.1 Å². The van der Waals surface area contributed by atoms with Gasteiger partial charge < -0.3 is 48.1 Å². The van der Waals surface area contributed by atoms with E-state index in [0.717, 1.165) is 39.5 Å². The van der Waals surface area contributed by atoms with Crippen molar-refractivity contribution in [3.8, 4) is 23.0 Å². The van der Waals surface area contributed by atoms with Crippen molar-refractivity contribution in [1.82, 2.24) is 0 Å². The maximum Gasteiger partial charge on any atom is 0.118 e. The molecule has 5 rings (SSSR count). The summed E-state index contributed by atoms with van der Waals surface area (Å²) >= 11 is 0. The van der Waals surface area contributed by atoms with Crippen LogP contribution in [0.1, 0.15) is 22.3 Å². The highest BCUT2D eigenvalue weighted by Gasteiger charge is 2.52. The summed E-state index contributed by atoms with van der Waals surface area (Å²) < 4.78 is 46.7. The summed E-state index contributed by atoms with van der Waals surface area (Å²) in [5.74, 6) is 2.88. The maximum absolute atomic E-state index is 11.8. The van der Waals surface area contributed by atoms with Gasteiger partial charge in [0.2, 0.25) is 0 Å². The van der Waals surface area contributed by atoms with Gasteiger partial charge in [-0.15, -0.1) is 0 Å². The molecule has 1 saturated carbocycles. The second-order valence-corrected chi connectivity index (χ2v) is 11.5. The Morgan fingerprint density at radius 3 is 0.833 bits per heavy atom. The molecule has 4 aromatic carbocycles. The normalized spacial score (nSPS) is 22.2. The zero-order valence-corrected chi connectivity index (χ0v) is 27.7. The van der Waals surface area contributed by atoms with Gasteiger partial charge in [-0.3, -0.25) is 0 Å². The predicted octanol–water partition coefficient (Wildman–Crippen LogP) is 5.10. The minimum absolute atomic E-state index is 0.135. The maximum atomic E-state index is 11.8. The molecule has 0 aromatic heterocycles. The predicted molar refractivity (Wildman–Crippen MR) is 178 cm³/mol. The van der Waals surface area contributed by atoms with E-state index in [2.05, 4.69) is 0 Å². The van der Waals surface area contributed by atoms with Crippen LogP contribution < -0.4 is 18.9 Å². The van der Waals surface area contributed by atoms with Gasteiger partial charge in [0.05, 0.1) is 54.9 Å². The topological polar surface area (TPSA) is 114 Å². The third-order valence-electron chi connectivity index (χ3n) is 8.40. The summed E-state index contributed by atoms with van der Waals surface area (Å²) in [6, 6.07) is 29.9. The fourth-order valence-electron chi connectivity index (χ4n) is 5.58. The van der Waals surface area contributed by atoms with E-state index in [-0.39, 0.29) is 26.4 Å². The Morgan fingerprint density at radius 2 is 0.583 bits per heavy atom. The standard InChI is InChI=1S/C38H44O10/c1-41-29-13-5-25(6-14-29)21-45-35-33(39)36(46-22-26-7-15-30(42-2)16-8-26)38(48-24-28-11-19-32(44-4)20-12-28)37(34(35)40)47-23-27-9-17-31(43-3)18-10-27/h5-20,33-40H,21-24H2,1-4H3/t33-,34+,35?,36+,37-,38?. The zero-order chi connectivity index (χ0) is 33.9. The average Bonchev–Trinajstić information content (AvgIpc) is 3.14. The van der Waals surface area contributed by atoms with Crippen LogP contribution in [0.15, 0.2) is 97.1 Å². The van der Waals surface area contributed by atoms with Crippen LogP contribution in [-0.4, -0.2) is 75.3 Å². The van der Waals surface area contributed by atoms with Crippen molar-refractivity contribution in [1.29, 1.82) is 0 Å². The fraction of sp³-hybridized carbons (Fsp3) is 0.368. The smallest absolute Gasteiger partial charge is 0.118 e. The molecule has 0 heterocycles. The Balaban J connectivity index is 1.42. The van der Waals surface area contributed by atoms with Crippen molar-refractivity contribution in [2.75, 3.05) is 28.4 Å². The Labute approximate surface area is 281 Å². The molecule has 0 spiro atoms. The first-order chi connectivity index (χ1) is 23.4. The van der Waals surface area contributed by atoms with Crippen molar-refractivity contribution in [3.05, 3.63) is 119 Å². The molecule has 1 aliphatic carbocycles. The zero-order valence-electron chi connectivity index (χ0n) is 27.7. The van der Waals surface area contributed by atoms with Gasteiger partial charge >= 0.3 is 0 Å². The van der Waals surface area contributed by atoms with Gasteiger partial charge in [0.1, 0.15) is 59.6 Å². The Bertz CT molecular complexity index is 1440. The molecule has 1 fully saturated rings. The first kappa shape index (κ1) is 35.2. The first-order valence-corrected chi connectivity index (χ1v) is 15.8. The minimum atomic E-state index is -1.25. The van der Waals surface area contributed by atoms with E-state index in [4.69, 9.17) is 37.9 Å². The highest BCUT2D eigenvalue weighted by Crippen LogP contribution is 2.33. The van der Waals surface area contributed by atoms with E-state index in [1.807, 2.05) is 97.1 Å². The Hall–Kier alpha value is -4.16. The molecule has 6 atom stereocenters. The van der Waals surface area contributed by atoms with Gasteiger partial charge in [0.25, 0.3) is 0 Å². The number of aliphatic hydroxyl groups excluding tert-OH is 2. The molecule has 0 amide bonds. The molecule has 4 aromatic rings. The first-order valence-electron chi connectivity index (χ1n) is 15.8. The van der Waals surface area contributed by atoms with Crippen LogP contribution in [0.3, 0.4) is 0 Å². The summed E-state index contributed by atoms with van der Waals surface area (Å²) in [7, 11) is 6.43. The second kappa shape index (κ2) is 17.3. The van der Waals surface area contributed by atoms with Crippen LogP contribution in [0.25, 0.3) is 0 Å². The Morgan fingerprint density at radius 1 is 0.354 bits per heavy atom. The largest absolute Gasteiger partial charge is 0.497 e. The number of methoxy groups -OCH3 is 4. The van der Waals surface area contributed by atoms with Gasteiger partial charge in [0, 0.05) is 0 Å². The van der Waals surface area contributed by atoms with Crippen LogP contribution in [-0.2, 0) is 45.4 Å². The molecule has 1 aliphatic rings. The number of hydrogen-bond acceptors (Lipinski definition) is 10. The molecule has 0 bridgehead atoms. The monoisotopic (exact) mass is 660 g/mol. The molecule has 0 radical (unpaired) electrons. The van der Waals surface area contributed by atoms with E-state index < -0.39 is 36.6 Å². The summed E-state index contributed by atoms with van der Waals surface area (Å²) in [5, 5.41) is 23.6. The average molecular weight is 661 g/mol. The van der Waals surface area contributed by atoms with Gasteiger partial charge in [-0.1, -0.05) is 48.5 Å². The van der Waals surface area contributed by atoms with Crippen LogP contribution >= 0.6 is 0 Å². The summed E-state index contributed by atoms with van der Waals surface area (Å²) in [6.45, 7) is 0.647. The van der Waals surface area contributed by atoms with Crippen molar-refractivity contribution in [2.24, 2.45) is 0 Å². The molecule has 10 heteroatoms. The van der Waals surface area contributed by atoms with E-state index in [1.54, 1.807) is 28.4 Å². The molecule has 0 aliphatic heterocycles. The highest BCUT2D eigenvalue weighted by molar-refractivity contribution is 5.29. The van der Waals surface area contributed by atoms with Crippen molar-refractivity contribution >= 4 is 0 Å². The molecule has 2 unspecified atom stereocenters. The van der Waals surface area contributed by atoms with E-state index in [0.29, 0.717) is 5.75 Å². The summed E-state index contributed by atoms with van der Waals surface area (Å²) in [4.78, 5) is 0. The van der Waals surface area contributed by atoms with E-state index in [9.17, 15) is 10.2 Å². The van der Waals surface area contributed by atoms with Crippen molar-refractivity contribution < 1.29 is 48.1 Å². The van der Waals surface area contributed by atoms with Crippen LogP contribution in [0.2, 0.25) is 0 Å². The highest BCUT2D eigenvalue weighted by atomic mass is 16.6. The van der Waals surface area contributed by atoms with E-state index in [1.165, 1.54) is 0 Å². The quantitative estimate of drug-likeness (QED) is 0.168. The number of benzene rings is 4. The molecule has 48 heavy (non-hydrogen) atoms. The SMILES string of the molecule is COc1ccc(COC2[C@@H](O)[C@H](OCc3ccc(OC)cc3)C(OCc3ccc(OC)cc3)[C@H](OCc3ccc(OC)cc3)[C@H]2O)cc1. The molecule has 10 nitrogen and oxygen atoms in total. The molecular formula is C38H44O10. The number of rotatable bonds is 16. The third-order valence-corrected chi connectivity index (χ3v) is 8.40. The minimum Gasteiger partial charge on any atom is -0.497 e. The third kappa shape index (κ3) is 9.04. The lowest BCUT2D eigenvalue weighted by atomic mass is 9.84. The lowest BCUT2D eigenvalue weighted by molar-refractivity contribution is -0.273. The lowest BCUT2D eigenvalue weighted by Crippen LogP contribution is -2.66. The van der Waals surface area contributed by atoms with Gasteiger partial charge in [-0.2, -0.15) is 0 Å². The summed E-state index contributed by atoms with van der Waals surface area (Å²) in [5.41, 5.74) is 3.46. The lowest BCUT2D eigenvalue weighted by Gasteiger charge is -2.47. The fourth-order valence-corrected chi connectivity index (χ4v) is 5.58.